The maximum absolute atomic E-state index is 13.5. The fraction of sp³-hybridized carbons (Fsp3) is 0.538. The Morgan fingerprint density at radius 2 is 1.79 bits per heavy atom. The summed E-state index contributed by atoms with van der Waals surface area (Å²) in [6, 6.07) is 6.32. The van der Waals surface area contributed by atoms with Crippen LogP contribution >= 0.6 is 0 Å². The standard InChI is InChI=1S/C26H35FN6O/c1-5-6-7-23(34)31-14-16-32(17-15-31)25-24-19(4)30-33(21-11-9-20(27)10-12-21)26(24)29-22(28-25)13-8-18(2)3/h9-12,18H,5-8,13-17H2,1-4H3. The summed E-state index contributed by atoms with van der Waals surface area (Å²) in [7, 11) is 0. The van der Waals surface area contributed by atoms with E-state index in [1.807, 2.05) is 11.8 Å². The first-order valence-corrected chi connectivity index (χ1v) is 12.4. The van der Waals surface area contributed by atoms with Gasteiger partial charge in [0.25, 0.3) is 0 Å². The van der Waals surface area contributed by atoms with E-state index in [1.165, 1.54) is 12.1 Å². The molecule has 0 N–H and O–H groups in total. The third kappa shape index (κ3) is 5.21. The van der Waals surface area contributed by atoms with E-state index in [0.29, 0.717) is 25.4 Å². The largest absolute Gasteiger partial charge is 0.352 e. The van der Waals surface area contributed by atoms with Crippen LogP contribution in [0.5, 0.6) is 0 Å². The fourth-order valence-electron chi connectivity index (χ4n) is 4.38. The number of aryl methyl sites for hydroxylation is 2. The maximum Gasteiger partial charge on any atom is 0.222 e. The number of rotatable bonds is 8. The van der Waals surface area contributed by atoms with E-state index in [1.54, 1.807) is 16.8 Å². The molecule has 0 atom stereocenters. The zero-order chi connectivity index (χ0) is 24.2. The number of hydrogen-bond acceptors (Lipinski definition) is 5. The summed E-state index contributed by atoms with van der Waals surface area (Å²) in [6.45, 7) is 11.3. The summed E-state index contributed by atoms with van der Waals surface area (Å²) >= 11 is 0. The van der Waals surface area contributed by atoms with Crippen molar-refractivity contribution in [3.05, 3.63) is 41.6 Å². The third-order valence-electron chi connectivity index (χ3n) is 6.42. The molecule has 0 saturated carbocycles. The molecule has 0 unspecified atom stereocenters. The van der Waals surface area contributed by atoms with Crippen molar-refractivity contribution in [3.8, 4) is 5.69 Å². The first-order valence-electron chi connectivity index (χ1n) is 12.4. The number of fused-ring (bicyclic) bond motifs is 1. The predicted octanol–water partition coefficient (Wildman–Crippen LogP) is 4.69. The van der Waals surface area contributed by atoms with Gasteiger partial charge in [0, 0.05) is 39.0 Å². The fourth-order valence-corrected chi connectivity index (χ4v) is 4.38. The quantitative estimate of drug-likeness (QED) is 0.482. The predicted molar refractivity (Wildman–Crippen MR) is 133 cm³/mol. The van der Waals surface area contributed by atoms with E-state index in [4.69, 9.17) is 15.1 Å². The van der Waals surface area contributed by atoms with Crippen LogP contribution in [0, 0.1) is 18.7 Å². The van der Waals surface area contributed by atoms with Gasteiger partial charge in [-0.15, -0.1) is 0 Å². The minimum Gasteiger partial charge on any atom is -0.352 e. The summed E-state index contributed by atoms with van der Waals surface area (Å²) in [5.74, 6) is 2.18. The first kappa shape index (κ1) is 24.1. The molecule has 0 bridgehead atoms. The number of benzene rings is 1. The topological polar surface area (TPSA) is 67.2 Å². The number of piperazine rings is 1. The lowest BCUT2D eigenvalue weighted by molar-refractivity contribution is -0.131. The Morgan fingerprint density at radius 1 is 1.09 bits per heavy atom. The molecule has 1 fully saturated rings. The van der Waals surface area contributed by atoms with Crippen molar-refractivity contribution in [2.24, 2.45) is 5.92 Å². The number of carbonyl (C=O) groups excluding carboxylic acids is 1. The lowest BCUT2D eigenvalue weighted by Crippen LogP contribution is -2.49. The number of halogens is 1. The van der Waals surface area contributed by atoms with Crippen LogP contribution in [0.3, 0.4) is 0 Å². The smallest absolute Gasteiger partial charge is 0.222 e. The van der Waals surface area contributed by atoms with Crippen molar-refractivity contribution in [2.75, 3.05) is 31.1 Å². The van der Waals surface area contributed by atoms with Crippen LogP contribution in [0.2, 0.25) is 0 Å². The van der Waals surface area contributed by atoms with Gasteiger partial charge >= 0.3 is 0 Å². The van der Waals surface area contributed by atoms with E-state index in [9.17, 15) is 9.18 Å². The van der Waals surface area contributed by atoms with Crippen molar-refractivity contribution in [2.45, 2.75) is 59.8 Å². The van der Waals surface area contributed by atoms with E-state index in [2.05, 4.69) is 25.7 Å². The highest BCUT2D eigenvalue weighted by Crippen LogP contribution is 2.30. The molecule has 34 heavy (non-hydrogen) atoms. The lowest BCUT2D eigenvalue weighted by Gasteiger charge is -2.36. The first-order chi connectivity index (χ1) is 16.4. The van der Waals surface area contributed by atoms with Crippen LogP contribution in [-0.4, -0.2) is 56.7 Å². The summed E-state index contributed by atoms with van der Waals surface area (Å²) in [5.41, 5.74) is 2.35. The SMILES string of the molecule is CCCCC(=O)N1CCN(c2nc(CCC(C)C)nc3c2c(C)nn3-c2ccc(F)cc2)CC1. The maximum atomic E-state index is 13.5. The van der Waals surface area contributed by atoms with Crippen molar-refractivity contribution >= 4 is 22.8 Å². The number of unbranched alkanes of at least 4 members (excludes halogenated alkanes) is 1. The molecule has 0 aliphatic carbocycles. The van der Waals surface area contributed by atoms with Crippen LogP contribution in [0.25, 0.3) is 16.7 Å². The van der Waals surface area contributed by atoms with Crippen LogP contribution in [-0.2, 0) is 11.2 Å². The number of nitrogens with zero attached hydrogens (tertiary/aromatic N) is 6. The molecular formula is C26H35FN6O. The van der Waals surface area contributed by atoms with Gasteiger partial charge in [0.05, 0.1) is 16.8 Å². The van der Waals surface area contributed by atoms with Gasteiger partial charge in [0.1, 0.15) is 17.5 Å². The van der Waals surface area contributed by atoms with E-state index in [-0.39, 0.29) is 11.7 Å². The Labute approximate surface area is 201 Å². The summed E-state index contributed by atoms with van der Waals surface area (Å²) in [4.78, 5) is 26.6. The molecule has 3 heterocycles. The molecule has 2 aromatic heterocycles. The second kappa shape index (κ2) is 10.5. The number of amides is 1. The van der Waals surface area contributed by atoms with Gasteiger partial charge in [-0.2, -0.15) is 5.10 Å². The van der Waals surface area contributed by atoms with Crippen molar-refractivity contribution < 1.29 is 9.18 Å². The van der Waals surface area contributed by atoms with Crippen LogP contribution in [0.1, 0.15) is 58.0 Å². The van der Waals surface area contributed by atoms with Crippen molar-refractivity contribution in [3.63, 3.8) is 0 Å². The van der Waals surface area contributed by atoms with Gasteiger partial charge in [0.2, 0.25) is 5.91 Å². The molecule has 1 saturated heterocycles. The minimum absolute atomic E-state index is 0.243. The third-order valence-corrected chi connectivity index (χ3v) is 6.42. The Bertz CT molecular complexity index is 1130. The molecule has 1 aromatic carbocycles. The molecule has 4 rings (SSSR count). The lowest BCUT2D eigenvalue weighted by atomic mass is 10.1. The molecule has 1 aliphatic rings. The van der Waals surface area contributed by atoms with Gasteiger partial charge in [-0.05, 0) is 49.9 Å². The van der Waals surface area contributed by atoms with Crippen LogP contribution in [0.4, 0.5) is 10.2 Å². The molecule has 1 amide bonds. The van der Waals surface area contributed by atoms with Gasteiger partial charge < -0.3 is 9.80 Å². The Morgan fingerprint density at radius 3 is 2.44 bits per heavy atom. The summed E-state index contributed by atoms with van der Waals surface area (Å²) in [5, 5.41) is 5.68. The molecular weight excluding hydrogens is 431 g/mol. The van der Waals surface area contributed by atoms with E-state index in [0.717, 1.165) is 72.8 Å². The Hall–Kier alpha value is -3.03. The molecule has 0 spiro atoms. The van der Waals surface area contributed by atoms with Gasteiger partial charge in [-0.3, -0.25) is 4.79 Å². The van der Waals surface area contributed by atoms with Crippen molar-refractivity contribution in [1.29, 1.82) is 0 Å². The highest BCUT2D eigenvalue weighted by Gasteiger charge is 2.26. The second-order valence-electron chi connectivity index (χ2n) is 9.54. The van der Waals surface area contributed by atoms with E-state index >= 15 is 0 Å². The molecule has 3 aromatic rings. The van der Waals surface area contributed by atoms with Crippen LogP contribution in [0.15, 0.2) is 24.3 Å². The molecule has 7 nitrogen and oxygen atoms in total. The Kier molecular flexibility index (Phi) is 7.44. The number of carbonyl (C=O) groups is 1. The Balaban J connectivity index is 1.69. The highest BCUT2D eigenvalue weighted by atomic mass is 19.1. The zero-order valence-electron chi connectivity index (χ0n) is 20.7. The van der Waals surface area contributed by atoms with Crippen molar-refractivity contribution in [1.82, 2.24) is 24.6 Å². The van der Waals surface area contributed by atoms with Gasteiger partial charge in [-0.25, -0.2) is 19.0 Å². The number of aromatic nitrogens is 4. The molecule has 0 radical (unpaired) electrons. The molecule has 1 aliphatic heterocycles. The number of anilines is 1. The summed E-state index contributed by atoms with van der Waals surface area (Å²) in [6.07, 6.45) is 4.36. The van der Waals surface area contributed by atoms with Crippen LogP contribution < -0.4 is 4.90 Å². The van der Waals surface area contributed by atoms with E-state index < -0.39 is 0 Å². The van der Waals surface area contributed by atoms with Gasteiger partial charge in [-0.1, -0.05) is 27.2 Å². The highest BCUT2D eigenvalue weighted by molar-refractivity contribution is 5.91. The molecule has 8 heteroatoms. The van der Waals surface area contributed by atoms with Gasteiger partial charge in [0.15, 0.2) is 5.65 Å². The zero-order valence-corrected chi connectivity index (χ0v) is 20.7. The minimum atomic E-state index is -0.281. The number of hydrogen-bond donors (Lipinski definition) is 0. The monoisotopic (exact) mass is 466 g/mol. The average Bonchev–Trinajstić information content (AvgIpc) is 3.17. The summed E-state index contributed by atoms with van der Waals surface area (Å²) < 4.78 is 15.3. The second-order valence-corrected chi connectivity index (χ2v) is 9.54. The molecule has 182 valence electrons. The average molecular weight is 467 g/mol. The normalized spacial score (nSPS) is 14.4.